The molecule has 1 rings (SSSR count). The fourth-order valence-electron chi connectivity index (χ4n) is 2.45. The SMILES string of the molecule is CCOC1CC(NC(=O)NC(C)CCC(=O)O)C1(C)C. The number of amides is 2. The molecular formula is C14H26N2O4. The van der Waals surface area contributed by atoms with Crippen molar-refractivity contribution in [2.75, 3.05) is 6.61 Å². The number of aliphatic carboxylic acids is 1. The van der Waals surface area contributed by atoms with E-state index in [-0.39, 0.29) is 36.1 Å². The van der Waals surface area contributed by atoms with E-state index in [1.54, 1.807) is 6.92 Å². The van der Waals surface area contributed by atoms with Crippen molar-refractivity contribution in [1.82, 2.24) is 10.6 Å². The van der Waals surface area contributed by atoms with Crippen LogP contribution in [0.1, 0.15) is 47.0 Å². The Balaban J connectivity index is 2.31. The number of hydrogen-bond acceptors (Lipinski definition) is 3. The van der Waals surface area contributed by atoms with Gasteiger partial charge in [0.25, 0.3) is 0 Å². The highest BCUT2D eigenvalue weighted by atomic mass is 16.5. The van der Waals surface area contributed by atoms with Gasteiger partial charge in [0, 0.05) is 30.5 Å². The molecule has 6 heteroatoms. The molecule has 1 aliphatic carbocycles. The van der Waals surface area contributed by atoms with Gasteiger partial charge in [-0.25, -0.2) is 4.79 Å². The van der Waals surface area contributed by atoms with E-state index in [9.17, 15) is 9.59 Å². The topological polar surface area (TPSA) is 87.7 Å². The van der Waals surface area contributed by atoms with Gasteiger partial charge in [-0.1, -0.05) is 13.8 Å². The van der Waals surface area contributed by atoms with Crippen LogP contribution < -0.4 is 10.6 Å². The van der Waals surface area contributed by atoms with Gasteiger partial charge >= 0.3 is 12.0 Å². The molecule has 1 aliphatic rings. The number of carbonyl (C=O) groups excluding carboxylic acids is 1. The molecule has 6 nitrogen and oxygen atoms in total. The third kappa shape index (κ3) is 4.37. The molecule has 116 valence electrons. The average molecular weight is 286 g/mol. The molecule has 0 bridgehead atoms. The molecule has 0 aliphatic heterocycles. The molecule has 0 aromatic heterocycles. The monoisotopic (exact) mass is 286 g/mol. The van der Waals surface area contributed by atoms with E-state index in [1.165, 1.54) is 0 Å². The highest BCUT2D eigenvalue weighted by Crippen LogP contribution is 2.42. The first-order valence-electron chi connectivity index (χ1n) is 7.17. The number of carboxylic acid groups (broad SMARTS) is 1. The maximum atomic E-state index is 11.8. The molecule has 3 N–H and O–H groups in total. The fourth-order valence-corrected chi connectivity index (χ4v) is 2.45. The third-order valence-corrected chi connectivity index (χ3v) is 4.02. The standard InChI is InChI=1S/C14H26N2O4/c1-5-20-11-8-10(14(11,3)4)16-13(19)15-9(2)6-7-12(17)18/h9-11H,5-8H2,1-4H3,(H,17,18)(H2,15,16,19). The molecule has 20 heavy (non-hydrogen) atoms. The van der Waals surface area contributed by atoms with Crippen molar-refractivity contribution in [3.8, 4) is 0 Å². The van der Waals surface area contributed by atoms with Crippen LogP contribution in [0.25, 0.3) is 0 Å². The molecular weight excluding hydrogens is 260 g/mol. The molecule has 0 saturated heterocycles. The van der Waals surface area contributed by atoms with Gasteiger partial charge in [0.15, 0.2) is 0 Å². The van der Waals surface area contributed by atoms with Crippen LogP contribution in [0, 0.1) is 5.41 Å². The van der Waals surface area contributed by atoms with E-state index in [0.717, 1.165) is 6.42 Å². The van der Waals surface area contributed by atoms with Crippen molar-refractivity contribution >= 4 is 12.0 Å². The van der Waals surface area contributed by atoms with Crippen LogP contribution in [0.2, 0.25) is 0 Å². The van der Waals surface area contributed by atoms with E-state index < -0.39 is 5.97 Å². The predicted octanol–water partition coefficient (Wildman–Crippen LogP) is 1.74. The molecule has 1 fully saturated rings. The Hall–Kier alpha value is -1.30. The van der Waals surface area contributed by atoms with Crippen LogP contribution in [-0.2, 0) is 9.53 Å². The fraction of sp³-hybridized carbons (Fsp3) is 0.857. The summed E-state index contributed by atoms with van der Waals surface area (Å²) in [7, 11) is 0. The van der Waals surface area contributed by atoms with Crippen LogP contribution in [0.3, 0.4) is 0 Å². The Morgan fingerprint density at radius 3 is 2.60 bits per heavy atom. The summed E-state index contributed by atoms with van der Waals surface area (Å²) in [6.45, 7) is 8.61. The molecule has 0 heterocycles. The maximum absolute atomic E-state index is 11.8. The summed E-state index contributed by atoms with van der Waals surface area (Å²) in [5, 5.41) is 14.3. The number of hydrogen-bond donors (Lipinski definition) is 3. The summed E-state index contributed by atoms with van der Waals surface area (Å²) in [5.74, 6) is -0.848. The molecule has 3 atom stereocenters. The second-order valence-electron chi connectivity index (χ2n) is 6.00. The summed E-state index contributed by atoms with van der Waals surface area (Å²) >= 11 is 0. The van der Waals surface area contributed by atoms with E-state index in [1.807, 2.05) is 6.92 Å². The van der Waals surface area contributed by atoms with Crippen LogP contribution in [0.4, 0.5) is 4.79 Å². The van der Waals surface area contributed by atoms with E-state index in [0.29, 0.717) is 13.0 Å². The van der Waals surface area contributed by atoms with Crippen molar-refractivity contribution in [3.05, 3.63) is 0 Å². The van der Waals surface area contributed by atoms with E-state index in [4.69, 9.17) is 9.84 Å². The van der Waals surface area contributed by atoms with E-state index >= 15 is 0 Å². The van der Waals surface area contributed by atoms with Crippen molar-refractivity contribution in [2.45, 2.75) is 65.1 Å². The van der Waals surface area contributed by atoms with Gasteiger partial charge in [-0.15, -0.1) is 0 Å². The van der Waals surface area contributed by atoms with Crippen molar-refractivity contribution in [2.24, 2.45) is 5.41 Å². The van der Waals surface area contributed by atoms with Gasteiger partial charge < -0.3 is 20.5 Å². The van der Waals surface area contributed by atoms with Crippen LogP contribution >= 0.6 is 0 Å². The highest BCUT2D eigenvalue weighted by Gasteiger charge is 2.49. The lowest BCUT2D eigenvalue weighted by Gasteiger charge is -2.51. The minimum atomic E-state index is -0.848. The van der Waals surface area contributed by atoms with Gasteiger partial charge in [0.05, 0.1) is 6.10 Å². The second-order valence-corrected chi connectivity index (χ2v) is 6.00. The molecule has 0 spiro atoms. The van der Waals surface area contributed by atoms with Crippen molar-refractivity contribution < 1.29 is 19.4 Å². The molecule has 0 aromatic rings. The maximum Gasteiger partial charge on any atom is 0.315 e. The first kappa shape index (κ1) is 16.8. The number of ether oxygens (including phenoxy) is 1. The lowest BCUT2D eigenvalue weighted by atomic mass is 9.64. The zero-order valence-electron chi connectivity index (χ0n) is 12.7. The largest absolute Gasteiger partial charge is 0.481 e. The third-order valence-electron chi connectivity index (χ3n) is 4.02. The minimum absolute atomic E-state index is 0.0583. The van der Waals surface area contributed by atoms with Crippen molar-refractivity contribution in [3.63, 3.8) is 0 Å². The normalized spacial score (nSPS) is 25.4. The summed E-state index contributed by atoms with van der Waals surface area (Å²) in [6, 6.07) is -0.307. The number of nitrogens with one attached hydrogen (secondary N) is 2. The minimum Gasteiger partial charge on any atom is -0.481 e. The first-order chi connectivity index (χ1) is 9.27. The average Bonchev–Trinajstić information content (AvgIpc) is 2.35. The lowest BCUT2D eigenvalue weighted by molar-refractivity contribution is -0.137. The smallest absolute Gasteiger partial charge is 0.315 e. The van der Waals surface area contributed by atoms with Gasteiger partial charge in [-0.05, 0) is 26.7 Å². The summed E-state index contributed by atoms with van der Waals surface area (Å²) < 4.78 is 5.61. The quantitative estimate of drug-likeness (QED) is 0.665. The van der Waals surface area contributed by atoms with Gasteiger partial charge in [0.1, 0.15) is 0 Å². The summed E-state index contributed by atoms with van der Waals surface area (Å²) in [6.07, 6.45) is 1.49. The zero-order valence-corrected chi connectivity index (χ0v) is 12.7. The van der Waals surface area contributed by atoms with Crippen LogP contribution in [0.15, 0.2) is 0 Å². The van der Waals surface area contributed by atoms with E-state index in [2.05, 4.69) is 24.5 Å². The lowest BCUT2D eigenvalue weighted by Crippen LogP contribution is -2.63. The number of urea groups is 1. The second kappa shape index (κ2) is 6.92. The van der Waals surface area contributed by atoms with Gasteiger partial charge in [-0.2, -0.15) is 0 Å². The Bertz CT molecular complexity index is 357. The summed E-state index contributed by atoms with van der Waals surface area (Å²) in [5.41, 5.74) is -0.0718. The van der Waals surface area contributed by atoms with Gasteiger partial charge in [-0.3, -0.25) is 4.79 Å². The molecule has 1 saturated carbocycles. The number of rotatable bonds is 7. The number of carboxylic acids is 1. The van der Waals surface area contributed by atoms with Crippen molar-refractivity contribution in [1.29, 1.82) is 0 Å². The predicted molar refractivity (Wildman–Crippen MR) is 75.6 cm³/mol. The van der Waals surface area contributed by atoms with Crippen LogP contribution in [0.5, 0.6) is 0 Å². The summed E-state index contributed by atoms with van der Waals surface area (Å²) in [4.78, 5) is 22.3. The molecule has 0 radical (unpaired) electrons. The number of carbonyl (C=O) groups is 2. The highest BCUT2D eigenvalue weighted by molar-refractivity contribution is 5.75. The molecule has 0 aromatic carbocycles. The van der Waals surface area contributed by atoms with Crippen LogP contribution in [-0.4, -0.2) is 41.9 Å². The molecule has 2 amide bonds. The van der Waals surface area contributed by atoms with Gasteiger partial charge in [0.2, 0.25) is 0 Å². The Morgan fingerprint density at radius 2 is 2.10 bits per heavy atom. The Kier molecular flexibility index (Phi) is 5.80. The molecule has 3 unspecified atom stereocenters. The Morgan fingerprint density at radius 1 is 1.45 bits per heavy atom. The zero-order chi connectivity index (χ0) is 15.3. The Labute approximate surface area is 120 Å². The first-order valence-corrected chi connectivity index (χ1v) is 7.17.